The second kappa shape index (κ2) is 6.74. The molecule has 2 aromatic carbocycles. The Hall–Kier alpha value is -2.04. The van der Waals surface area contributed by atoms with E-state index in [1.54, 1.807) is 7.11 Å². The maximum atomic E-state index is 7.12. The summed E-state index contributed by atoms with van der Waals surface area (Å²) in [5, 5.41) is 3.95. The molecule has 3 heterocycles. The molecule has 3 aliphatic heterocycles. The number of nitrogens with one attached hydrogen (secondary N) is 1. The molecule has 6 aliphatic rings. The lowest BCUT2D eigenvalue weighted by Crippen LogP contribution is -2.80. The third-order valence-electron chi connectivity index (χ3n) is 9.45. The summed E-state index contributed by atoms with van der Waals surface area (Å²) in [6.07, 6.45) is 8.64. The van der Waals surface area contributed by atoms with Crippen molar-refractivity contribution in [1.82, 2.24) is 4.90 Å². The lowest BCUT2D eigenvalue weighted by molar-refractivity contribution is -0.254. The zero-order valence-corrected chi connectivity index (χ0v) is 19.1. The number of likely N-dealkylation sites (tertiary alicyclic amines) is 1. The van der Waals surface area contributed by atoms with Crippen LogP contribution in [0.15, 0.2) is 48.5 Å². The molecule has 32 heavy (non-hydrogen) atoms. The number of nitrogens with zero attached hydrogens (tertiary/aromatic N) is 1. The van der Waals surface area contributed by atoms with Gasteiger partial charge in [0.05, 0.1) is 24.9 Å². The quantitative estimate of drug-likeness (QED) is 0.740. The van der Waals surface area contributed by atoms with Crippen molar-refractivity contribution in [2.75, 3.05) is 32.1 Å². The lowest BCUT2D eigenvalue weighted by atomic mass is 9.45. The SMILES string of the molecule is COc1ccc2c(c1)[C@]13CCN(CC4CC4)[C@H](C2)[C@]12CCC(Nc1ccccc1)(CO2)C3. The minimum atomic E-state index is -0.0559. The number of piperidine rings is 1. The van der Waals surface area contributed by atoms with Gasteiger partial charge in [-0.3, -0.25) is 4.90 Å². The van der Waals surface area contributed by atoms with E-state index in [9.17, 15) is 0 Å². The zero-order chi connectivity index (χ0) is 21.4. The molecule has 1 unspecified atom stereocenters. The van der Waals surface area contributed by atoms with Crippen LogP contribution in [0.4, 0.5) is 5.69 Å². The molecule has 168 valence electrons. The molecule has 0 amide bonds. The average molecular weight is 431 g/mol. The van der Waals surface area contributed by atoms with Gasteiger partial charge >= 0.3 is 0 Å². The van der Waals surface area contributed by atoms with Crippen LogP contribution in [0, 0.1) is 5.92 Å². The first-order valence-electron chi connectivity index (χ1n) is 12.5. The van der Waals surface area contributed by atoms with E-state index in [0.29, 0.717) is 6.04 Å². The highest BCUT2D eigenvalue weighted by atomic mass is 16.5. The summed E-state index contributed by atoms with van der Waals surface area (Å²) in [5.41, 5.74) is 4.26. The Morgan fingerprint density at radius 1 is 1.09 bits per heavy atom. The number of hydrogen-bond donors (Lipinski definition) is 1. The van der Waals surface area contributed by atoms with Crippen LogP contribution in [0.1, 0.15) is 49.7 Å². The number of benzene rings is 2. The maximum Gasteiger partial charge on any atom is 0.119 e. The lowest BCUT2D eigenvalue weighted by Gasteiger charge is -2.72. The number of para-hydroxylation sites is 1. The molecular formula is C28H34N2O2. The van der Waals surface area contributed by atoms with E-state index in [1.807, 2.05) is 0 Å². The first kappa shape index (κ1) is 19.4. The smallest absolute Gasteiger partial charge is 0.119 e. The van der Waals surface area contributed by atoms with E-state index in [0.717, 1.165) is 37.5 Å². The number of ether oxygens (including phenoxy) is 2. The van der Waals surface area contributed by atoms with Crippen LogP contribution in [-0.4, -0.2) is 48.9 Å². The number of fused-ring (bicyclic) bond motifs is 3. The zero-order valence-electron chi connectivity index (χ0n) is 19.1. The van der Waals surface area contributed by atoms with Gasteiger partial charge in [-0.2, -0.15) is 0 Å². The summed E-state index contributed by atoms with van der Waals surface area (Å²) in [6, 6.07) is 18.1. The standard InChI is InChI=1S/C28H34N2O2/c1-31-23-10-9-21-15-25-28-12-11-26(19-32-28,29-22-5-3-2-4-6-22)18-27(28,24(21)16-23)13-14-30(25)17-20-7-8-20/h2-6,9-10,16,20,25,29H,7-8,11-15,17-19H2,1H3/t25-,26?,27-,28-/m1/s1. The third kappa shape index (κ3) is 2.63. The van der Waals surface area contributed by atoms with Gasteiger partial charge < -0.3 is 14.8 Å². The predicted octanol–water partition coefficient (Wildman–Crippen LogP) is 4.78. The van der Waals surface area contributed by atoms with Gasteiger partial charge in [0.1, 0.15) is 5.75 Å². The van der Waals surface area contributed by atoms with Crippen LogP contribution in [0.2, 0.25) is 0 Å². The molecule has 4 bridgehead atoms. The van der Waals surface area contributed by atoms with Gasteiger partial charge in [0.2, 0.25) is 0 Å². The Morgan fingerprint density at radius 3 is 2.72 bits per heavy atom. The fourth-order valence-electron chi connectivity index (χ4n) is 7.83. The second-order valence-electron chi connectivity index (χ2n) is 11.1. The number of rotatable bonds is 5. The van der Waals surface area contributed by atoms with Crippen LogP contribution < -0.4 is 10.1 Å². The molecule has 3 saturated heterocycles. The number of methoxy groups -OCH3 is 1. The van der Waals surface area contributed by atoms with Crippen LogP contribution in [0.25, 0.3) is 0 Å². The average Bonchev–Trinajstić information content (AvgIpc) is 3.65. The van der Waals surface area contributed by atoms with E-state index in [1.165, 1.54) is 55.6 Å². The first-order chi connectivity index (χ1) is 15.7. The summed E-state index contributed by atoms with van der Waals surface area (Å²) in [6.45, 7) is 3.28. The highest BCUT2D eigenvalue weighted by Gasteiger charge is 2.71. The van der Waals surface area contributed by atoms with Crippen molar-refractivity contribution >= 4 is 5.69 Å². The van der Waals surface area contributed by atoms with Crippen LogP contribution in [-0.2, 0) is 16.6 Å². The molecule has 2 aromatic rings. The maximum absolute atomic E-state index is 7.12. The van der Waals surface area contributed by atoms with Gasteiger partial charge in [0, 0.05) is 23.7 Å². The minimum absolute atomic E-state index is 0.00397. The first-order valence-corrected chi connectivity index (χ1v) is 12.5. The molecule has 2 saturated carbocycles. The summed E-state index contributed by atoms with van der Waals surface area (Å²) < 4.78 is 12.8. The topological polar surface area (TPSA) is 33.7 Å². The van der Waals surface area contributed by atoms with Crippen molar-refractivity contribution in [1.29, 1.82) is 0 Å². The van der Waals surface area contributed by atoms with Gasteiger partial charge in [-0.05, 0) is 92.8 Å². The molecule has 8 rings (SSSR count). The Bertz CT molecular complexity index is 1020. The fourth-order valence-corrected chi connectivity index (χ4v) is 7.83. The molecule has 1 spiro atoms. The van der Waals surface area contributed by atoms with Gasteiger partial charge in [0.25, 0.3) is 0 Å². The summed E-state index contributed by atoms with van der Waals surface area (Å²) in [7, 11) is 1.79. The van der Waals surface area contributed by atoms with E-state index >= 15 is 0 Å². The Kier molecular flexibility index (Phi) is 4.09. The van der Waals surface area contributed by atoms with Crippen LogP contribution >= 0.6 is 0 Å². The summed E-state index contributed by atoms with van der Waals surface area (Å²) >= 11 is 0. The monoisotopic (exact) mass is 430 g/mol. The Balaban J connectivity index is 1.34. The molecule has 4 heteroatoms. The normalized spacial score (nSPS) is 37.5. The van der Waals surface area contributed by atoms with Gasteiger partial charge in [-0.15, -0.1) is 0 Å². The molecule has 3 aliphatic carbocycles. The molecule has 1 N–H and O–H groups in total. The largest absolute Gasteiger partial charge is 0.497 e. The van der Waals surface area contributed by atoms with Crippen LogP contribution in [0.3, 0.4) is 0 Å². The fraction of sp³-hybridized carbons (Fsp3) is 0.571. The third-order valence-corrected chi connectivity index (χ3v) is 9.45. The molecular weight excluding hydrogens is 396 g/mol. The highest BCUT2D eigenvalue weighted by Crippen LogP contribution is 2.65. The van der Waals surface area contributed by atoms with E-state index < -0.39 is 0 Å². The number of hydrogen-bond acceptors (Lipinski definition) is 4. The van der Waals surface area contributed by atoms with Crippen molar-refractivity contribution in [3.8, 4) is 5.75 Å². The number of anilines is 1. The molecule has 0 radical (unpaired) electrons. The van der Waals surface area contributed by atoms with Crippen molar-refractivity contribution in [3.63, 3.8) is 0 Å². The van der Waals surface area contributed by atoms with E-state index in [2.05, 4.69) is 58.7 Å². The summed E-state index contributed by atoms with van der Waals surface area (Å²) in [4.78, 5) is 2.83. The second-order valence-corrected chi connectivity index (χ2v) is 11.1. The minimum Gasteiger partial charge on any atom is -0.497 e. The predicted molar refractivity (Wildman–Crippen MR) is 126 cm³/mol. The molecule has 5 fully saturated rings. The van der Waals surface area contributed by atoms with Crippen molar-refractivity contribution in [2.24, 2.45) is 5.92 Å². The molecule has 0 aromatic heterocycles. The van der Waals surface area contributed by atoms with Gasteiger partial charge in [-0.1, -0.05) is 24.3 Å². The van der Waals surface area contributed by atoms with E-state index in [-0.39, 0.29) is 16.6 Å². The van der Waals surface area contributed by atoms with Crippen molar-refractivity contribution in [2.45, 2.75) is 67.5 Å². The van der Waals surface area contributed by atoms with E-state index in [4.69, 9.17) is 9.47 Å². The Labute approximate surface area is 191 Å². The Morgan fingerprint density at radius 2 is 1.97 bits per heavy atom. The van der Waals surface area contributed by atoms with Gasteiger partial charge in [-0.25, -0.2) is 0 Å². The summed E-state index contributed by atoms with van der Waals surface area (Å²) in [5.74, 6) is 1.90. The van der Waals surface area contributed by atoms with Crippen molar-refractivity contribution < 1.29 is 9.47 Å². The van der Waals surface area contributed by atoms with Crippen molar-refractivity contribution in [3.05, 3.63) is 59.7 Å². The molecule has 4 atom stereocenters. The van der Waals surface area contributed by atoms with Gasteiger partial charge in [0.15, 0.2) is 0 Å². The highest BCUT2D eigenvalue weighted by molar-refractivity contribution is 5.53. The molecule has 4 nitrogen and oxygen atoms in total. The van der Waals surface area contributed by atoms with Crippen LogP contribution in [0.5, 0.6) is 5.75 Å².